The van der Waals surface area contributed by atoms with Gasteiger partial charge in [0.15, 0.2) is 5.69 Å². The number of amides is 1. The molecular formula is C12H18N2O2. The van der Waals surface area contributed by atoms with Crippen LogP contribution < -0.4 is 0 Å². The van der Waals surface area contributed by atoms with Crippen LogP contribution in [0.1, 0.15) is 36.5 Å². The highest BCUT2D eigenvalue weighted by Gasteiger charge is 2.27. The lowest BCUT2D eigenvalue weighted by Crippen LogP contribution is -2.42. The van der Waals surface area contributed by atoms with E-state index in [1.807, 2.05) is 4.90 Å². The molecule has 2 atom stereocenters. The van der Waals surface area contributed by atoms with Gasteiger partial charge < -0.3 is 9.42 Å². The number of carbonyl (C=O) groups is 1. The van der Waals surface area contributed by atoms with Gasteiger partial charge in [-0.2, -0.15) is 0 Å². The maximum absolute atomic E-state index is 12.1. The number of hydrogen-bond donors (Lipinski definition) is 0. The molecule has 1 aromatic heterocycles. The Labute approximate surface area is 95.6 Å². The molecule has 88 valence electrons. The van der Waals surface area contributed by atoms with Crippen LogP contribution in [0.4, 0.5) is 0 Å². The van der Waals surface area contributed by atoms with Crippen LogP contribution in [-0.4, -0.2) is 29.1 Å². The van der Waals surface area contributed by atoms with Gasteiger partial charge in [-0.3, -0.25) is 4.79 Å². The number of carbonyl (C=O) groups excluding carboxylic acids is 1. The Kier molecular flexibility index (Phi) is 2.99. The highest BCUT2D eigenvalue weighted by atomic mass is 16.5. The minimum Gasteiger partial charge on any atom is -0.361 e. The fourth-order valence-corrected chi connectivity index (χ4v) is 2.46. The van der Waals surface area contributed by atoms with Gasteiger partial charge >= 0.3 is 0 Å². The summed E-state index contributed by atoms with van der Waals surface area (Å²) < 4.78 is 4.93. The normalized spacial score (nSPS) is 25.8. The van der Waals surface area contributed by atoms with Crippen molar-refractivity contribution in [3.8, 4) is 0 Å². The topological polar surface area (TPSA) is 46.3 Å². The Morgan fingerprint density at radius 2 is 2.06 bits per heavy atom. The summed E-state index contributed by atoms with van der Waals surface area (Å²) in [6.45, 7) is 7.82. The molecule has 4 nitrogen and oxygen atoms in total. The smallest absolute Gasteiger partial charge is 0.276 e. The Hall–Kier alpha value is -1.32. The summed E-state index contributed by atoms with van der Waals surface area (Å²) in [5.74, 6) is 1.82. The minimum absolute atomic E-state index is 0.00440. The van der Waals surface area contributed by atoms with Crippen molar-refractivity contribution in [2.45, 2.75) is 27.2 Å². The molecule has 16 heavy (non-hydrogen) atoms. The summed E-state index contributed by atoms with van der Waals surface area (Å²) in [6.07, 6.45) is 1.20. The molecule has 2 heterocycles. The molecule has 1 aliphatic rings. The van der Waals surface area contributed by atoms with Gasteiger partial charge in [-0.25, -0.2) is 0 Å². The van der Waals surface area contributed by atoms with Crippen molar-refractivity contribution in [3.05, 3.63) is 17.5 Å². The van der Waals surface area contributed by atoms with E-state index in [2.05, 4.69) is 19.0 Å². The number of likely N-dealkylation sites (tertiary alicyclic amines) is 1. The van der Waals surface area contributed by atoms with Crippen molar-refractivity contribution in [1.82, 2.24) is 10.1 Å². The van der Waals surface area contributed by atoms with E-state index in [1.54, 1.807) is 13.0 Å². The van der Waals surface area contributed by atoms with Crippen LogP contribution in [0.15, 0.2) is 10.6 Å². The zero-order valence-electron chi connectivity index (χ0n) is 10.1. The first kappa shape index (κ1) is 11.2. The molecular weight excluding hydrogens is 204 g/mol. The molecule has 0 N–H and O–H groups in total. The van der Waals surface area contributed by atoms with E-state index in [0.717, 1.165) is 13.1 Å². The van der Waals surface area contributed by atoms with Gasteiger partial charge in [-0.05, 0) is 25.2 Å². The predicted molar refractivity (Wildman–Crippen MR) is 60.1 cm³/mol. The maximum atomic E-state index is 12.1. The fourth-order valence-electron chi connectivity index (χ4n) is 2.46. The van der Waals surface area contributed by atoms with Gasteiger partial charge in [0.1, 0.15) is 5.76 Å². The van der Waals surface area contributed by atoms with Crippen LogP contribution in [0.25, 0.3) is 0 Å². The SMILES string of the molecule is Cc1cc(C(=O)N2C[C@@H](C)C[C@H](C)C2)no1. The van der Waals surface area contributed by atoms with Gasteiger partial charge in [-0.15, -0.1) is 0 Å². The van der Waals surface area contributed by atoms with Crippen molar-refractivity contribution in [1.29, 1.82) is 0 Å². The Balaban J connectivity index is 2.09. The van der Waals surface area contributed by atoms with Crippen LogP contribution in [0.5, 0.6) is 0 Å². The second-order valence-electron chi connectivity index (χ2n) is 4.98. The first-order valence-corrected chi connectivity index (χ1v) is 5.79. The zero-order chi connectivity index (χ0) is 11.7. The number of rotatable bonds is 1. The summed E-state index contributed by atoms with van der Waals surface area (Å²) in [5, 5.41) is 3.77. The summed E-state index contributed by atoms with van der Waals surface area (Å²) in [4.78, 5) is 14.0. The summed E-state index contributed by atoms with van der Waals surface area (Å²) in [7, 11) is 0. The first-order chi connectivity index (χ1) is 7.56. The number of hydrogen-bond acceptors (Lipinski definition) is 3. The summed E-state index contributed by atoms with van der Waals surface area (Å²) in [5.41, 5.74) is 0.429. The van der Waals surface area contributed by atoms with Gasteiger partial charge in [0.25, 0.3) is 5.91 Å². The number of piperidine rings is 1. The summed E-state index contributed by atoms with van der Waals surface area (Å²) >= 11 is 0. The van der Waals surface area contributed by atoms with E-state index in [4.69, 9.17) is 4.52 Å². The van der Waals surface area contributed by atoms with E-state index in [1.165, 1.54) is 6.42 Å². The van der Waals surface area contributed by atoms with E-state index in [0.29, 0.717) is 23.3 Å². The third kappa shape index (κ3) is 2.26. The largest absolute Gasteiger partial charge is 0.361 e. The van der Waals surface area contributed by atoms with Crippen LogP contribution in [0.3, 0.4) is 0 Å². The highest BCUT2D eigenvalue weighted by Crippen LogP contribution is 2.22. The number of aromatic nitrogens is 1. The molecule has 4 heteroatoms. The van der Waals surface area contributed by atoms with E-state index < -0.39 is 0 Å². The van der Waals surface area contributed by atoms with Crippen LogP contribution in [0, 0.1) is 18.8 Å². The predicted octanol–water partition coefficient (Wildman–Crippen LogP) is 2.10. The lowest BCUT2D eigenvalue weighted by Gasteiger charge is -2.34. The maximum Gasteiger partial charge on any atom is 0.276 e. The van der Waals surface area contributed by atoms with Crippen LogP contribution in [-0.2, 0) is 0 Å². The monoisotopic (exact) mass is 222 g/mol. The Morgan fingerprint density at radius 3 is 2.56 bits per heavy atom. The molecule has 0 radical (unpaired) electrons. The first-order valence-electron chi connectivity index (χ1n) is 5.79. The van der Waals surface area contributed by atoms with E-state index in [-0.39, 0.29) is 5.91 Å². The van der Waals surface area contributed by atoms with E-state index >= 15 is 0 Å². The van der Waals surface area contributed by atoms with Crippen molar-refractivity contribution < 1.29 is 9.32 Å². The standard InChI is InChI=1S/C12H18N2O2/c1-8-4-9(2)7-14(6-8)12(15)11-5-10(3)16-13-11/h5,8-9H,4,6-7H2,1-3H3/t8-,9-/m0/s1. The lowest BCUT2D eigenvalue weighted by molar-refractivity contribution is 0.0613. The quantitative estimate of drug-likeness (QED) is 0.731. The Bertz CT molecular complexity index is 376. The molecule has 0 aromatic carbocycles. The fraction of sp³-hybridized carbons (Fsp3) is 0.667. The average Bonchev–Trinajstić information content (AvgIpc) is 2.62. The second kappa shape index (κ2) is 4.28. The molecule has 0 bridgehead atoms. The number of aryl methyl sites for hydroxylation is 1. The van der Waals surface area contributed by atoms with Gasteiger partial charge in [0.2, 0.25) is 0 Å². The van der Waals surface area contributed by atoms with Crippen LogP contribution >= 0.6 is 0 Å². The minimum atomic E-state index is -0.00440. The molecule has 0 saturated carbocycles. The third-order valence-electron chi connectivity index (χ3n) is 3.00. The molecule has 1 aromatic rings. The molecule has 0 unspecified atom stereocenters. The van der Waals surface area contributed by atoms with Gasteiger partial charge in [0, 0.05) is 19.2 Å². The van der Waals surface area contributed by atoms with Crippen molar-refractivity contribution in [2.24, 2.45) is 11.8 Å². The number of nitrogens with zero attached hydrogens (tertiary/aromatic N) is 2. The van der Waals surface area contributed by atoms with Crippen molar-refractivity contribution >= 4 is 5.91 Å². The molecule has 0 aliphatic carbocycles. The zero-order valence-corrected chi connectivity index (χ0v) is 10.1. The molecule has 2 rings (SSSR count). The second-order valence-corrected chi connectivity index (χ2v) is 4.98. The molecule has 1 saturated heterocycles. The van der Waals surface area contributed by atoms with E-state index in [9.17, 15) is 4.79 Å². The summed E-state index contributed by atoms with van der Waals surface area (Å²) in [6, 6.07) is 1.70. The third-order valence-corrected chi connectivity index (χ3v) is 3.00. The van der Waals surface area contributed by atoms with Crippen molar-refractivity contribution in [2.75, 3.05) is 13.1 Å². The molecule has 1 fully saturated rings. The van der Waals surface area contributed by atoms with Crippen LogP contribution in [0.2, 0.25) is 0 Å². The van der Waals surface area contributed by atoms with Gasteiger partial charge in [0.05, 0.1) is 0 Å². The van der Waals surface area contributed by atoms with Crippen molar-refractivity contribution in [3.63, 3.8) is 0 Å². The van der Waals surface area contributed by atoms with Gasteiger partial charge in [-0.1, -0.05) is 19.0 Å². The molecule has 0 spiro atoms. The average molecular weight is 222 g/mol. The highest BCUT2D eigenvalue weighted by molar-refractivity contribution is 5.92. The molecule has 1 aliphatic heterocycles. The Morgan fingerprint density at radius 1 is 1.44 bits per heavy atom. The lowest BCUT2D eigenvalue weighted by atomic mass is 9.92. The molecule has 1 amide bonds.